The molecule has 0 spiro atoms. The lowest BCUT2D eigenvalue weighted by Gasteiger charge is -2.12. The van der Waals surface area contributed by atoms with Crippen LogP contribution in [0.25, 0.3) is 0 Å². The molecule has 0 saturated heterocycles. The van der Waals surface area contributed by atoms with E-state index in [0.717, 1.165) is 11.1 Å². The molecule has 0 radical (unpaired) electrons. The predicted octanol–water partition coefficient (Wildman–Crippen LogP) is 4.12. The third kappa shape index (κ3) is 3.46. The molecule has 1 unspecified atom stereocenters. The summed E-state index contributed by atoms with van der Waals surface area (Å²) in [6.45, 7) is 4.07. The minimum atomic E-state index is 0.249. The molecule has 1 N–H and O–H groups in total. The van der Waals surface area contributed by atoms with Crippen LogP contribution in [-0.4, -0.2) is 12.0 Å². The second kappa shape index (κ2) is 6.04. The molecule has 0 bridgehead atoms. The summed E-state index contributed by atoms with van der Waals surface area (Å²) in [5, 5.41) is 3.77. The second-order valence-corrected chi connectivity index (χ2v) is 4.88. The number of hydrogen-bond acceptors (Lipinski definition) is 3. The number of aromatic nitrogens is 1. The van der Waals surface area contributed by atoms with Gasteiger partial charge in [0, 0.05) is 18.3 Å². The molecule has 1 heterocycles. The summed E-state index contributed by atoms with van der Waals surface area (Å²) in [5.41, 5.74) is 2.22. The van der Waals surface area contributed by atoms with Crippen molar-refractivity contribution in [3.8, 4) is 11.6 Å². The van der Waals surface area contributed by atoms with E-state index in [4.69, 9.17) is 16.3 Å². The zero-order chi connectivity index (χ0) is 13.8. The van der Waals surface area contributed by atoms with Gasteiger partial charge in [0.05, 0.1) is 5.02 Å². The monoisotopic (exact) mass is 276 g/mol. The first-order valence-electron chi connectivity index (χ1n) is 6.17. The van der Waals surface area contributed by atoms with Crippen molar-refractivity contribution in [2.75, 3.05) is 7.05 Å². The molecule has 1 aromatic heterocycles. The number of ether oxygens (including phenoxy) is 1. The lowest BCUT2D eigenvalue weighted by molar-refractivity contribution is 0.461. The van der Waals surface area contributed by atoms with Crippen LogP contribution < -0.4 is 10.1 Å². The Hall–Kier alpha value is -1.58. The first-order chi connectivity index (χ1) is 9.10. The van der Waals surface area contributed by atoms with Gasteiger partial charge >= 0.3 is 0 Å². The van der Waals surface area contributed by atoms with Crippen molar-refractivity contribution < 1.29 is 4.74 Å². The summed E-state index contributed by atoms with van der Waals surface area (Å²) in [6.07, 6.45) is 1.74. The smallest absolute Gasteiger partial charge is 0.219 e. The van der Waals surface area contributed by atoms with Gasteiger partial charge in [-0.05, 0) is 50.2 Å². The number of halogens is 1. The SMILES string of the molecule is CNC(C)c1ccnc(Oc2ccc(C)cc2Cl)c1. The molecular formula is C15H17ClN2O. The quantitative estimate of drug-likeness (QED) is 0.912. The molecule has 1 atom stereocenters. The van der Waals surface area contributed by atoms with E-state index in [1.165, 1.54) is 0 Å². The lowest BCUT2D eigenvalue weighted by Crippen LogP contribution is -2.12. The van der Waals surface area contributed by atoms with E-state index in [0.29, 0.717) is 16.7 Å². The molecule has 0 saturated carbocycles. The number of hydrogen-bond donors (Lipinski definition) is 1. The van der Waals surface area contributed by atoms with E-state index in [1.807, 2.05) is 44.3 Å². The fraction of sp³-hybridized carbons (Fsp3) is 0.267. The van der Waals surface area contributed by atoms with Crippen LogP contribution in [0.5, 0.6) is 11.6 Å². The molecule has 0 aliphatic heterocycles. The molecule has 0 fully saturated rings. The summed E-state index contributed by atoms with van der Waals surface area (Å²) in [7, 11) is 1.92. The van der Waals surface area contributed by atoms with Crippen LogP contribution in [0.4, 0.5) is 0 Å². The van der Waals surface area contributed by atoms with Gasteiger partial charge in [-0.25, -0.2) is 4.98 Å². The van der Waals surface area contributed by atoms with Crippen LogP contribution in [0, 0.1) is 6.92 Å². The summed E-state index contributed by atoms with van der Waals surface area (Å²) >= 11 is 6.14. The number of nitrogens with zero attached hydrogens (tertiary/aromatic N) is 1. The van der Waals surface area contributed by atoms with E-state index in [2.05, 4.69) is 17.2 Å². The number of benzene rings is 1. The molecule has 2 rings (SSSR count). The van der Waals surface area contributed by atoms with Gasteiger partial charge in [0.1, 0.15) is 5.75 Å². The lowest BCUT2D eigenvalue weighted by atomic mass is 10.1. The highest BCUT2D eigenvalue weighted by Gasteiger charge is 2.07. The molecule has 3 nitrogen and oxygen atoms in total. The molecule has 4 heteroatoms. The van der Waals surface area contributed by atoms with Gasteiger partial charge in [-0.15, -0.1) is 0 Å². The summed E-state index contributed by atoms with van der Waals surface area (Å²) < 4.78 is 5.73. The van der Waals surface area contributed by atoms with Crippen LogP contribution in [0.15, 0.2) is 36.5 Å². The minimum absolute atomic E-state index is 0.249. The van der Waals surface area contributed by atoms with Crippen molar-refractivity contribution in [2.45, 2.75) is 19.9 Å². The number of aryl methyl sites for hydroxylation is 1. The van der Waals surface area contributed by atoms with Gasteiger partial charge in [-0.2, -0.15) is 0 Å². The average molecular weight is 277 g/mol. The van der Waals surface area contributed by atoms with Crippen molar-refractivity contribution in [1.82, 2.24) is 10.3 Å². The Morgan fingerprint density at radius 2 is 2.05 bits per heavy atom. The molecular weight excluding hydrogens is 260 g/mol. The first-order valence-corrected chi connectivity index (χ1v) is 6.55. The van der Waals surface area contributed by atoms with E-state index in [1.54, 1.807) is 6.20 Å². The summed E-state index contributed by atoms with van der Waals surface area (Å²) in [4.78, 5) is 4.21. The third-order valence-electron chi connectivity index (χ3n) is 2.99. The Morgan fingerprint density at radius 1 is 1.26 bits per heavy atom. The van der Waals surface area contributed by atoms with Gasteiger partial charge < -0.3 is 10.1 Å². The van der Waals surface area contributed by atoms with Crippen LogP contribution in [0.3, 0.4) is 0 Å². The Morgan fingerprint density at radius 3 is 2.74 bits per heavy atom. The fourth-order valence-electron chi connectivity index (χ4n) is 1.72. The van der Waals surface area contributed by atoms with Gasteiger partial charge in [0.25, 0.3) is 0 Å². The fourth-order valence-corrected chi connectivity index (χ4v) is 1.99. The number of rotatable bonds is 4. The van der Waals surface area contributed by atoms with E-state index in [9.17, 15) is 0 Å². The van der Waals surface area contributed by atoms with Gasteiger partial charge in [0.2, 0.25) is 5.88 Å². The molecule has 0 amide bonds. The maximum absolute atomic E-state index is 6.14. The highest BCUT2D eigenvalue weighted by atomic mass is 35.5. The van der Waals surface area contributed by atoms with Crippen molar-refractivity contribution in [3.63, 3.8) is 0 Å². The first kappa shape index (κ1) is 13.8. The zero-order valence-corrected chi connectivity index (χ0v) is 12.0. The number of pyridine rings is 1. The Labute approximate surface area is 118 Å². The largest absolute Gasteiger partial charge is 0.437 e. The van der Waals surface area contributed by atoms with Crippen molar-refractivity contribution in [1.29, 1.82) is 0 Å². The van der Waals surface area contributed by atoms with Crippen molar-refractivity contribution in [3.05, 3.63) is 52.7 Å². The van der Waals surface area contributed by atoms with Crippen LogP contribution in [-0.2, 0) is 0 Å². The van der Waals surface area contributed by atoms with Crippen molar-refractivity contribution >= 4 is 11.6 Å². The molecule has 100 valence electrons. The maximum atomic E-state index is 6.14. The summed E-state index contributed by atoms with van der Waals surface area (Å²) in [6, 6.07) is 9.81. The maximum Gasteiger partial charge on any atom is 0.219 e. The molecule has 19 heavy (non-hydrogen) atoms. The van der Waals surface area contributed by atoms with Gasteiger partial charge in [-0.3, -0.25) is 0 Å². The Kier molecular flexibility index (Phi) is 4.40. The second-order valence-electron chi connectivity index (χ2n) is 4.47. The molecule has 0 aliphatic carbocycles. The predicted molar refractivity (Wildman–Crippen MR) is 78.0 cm³/mol. The van der Waals surface area contributed by atoms with Crippen LogP contribution in [0.1, 0.15) is 24.1 Å². The molecule has 2 aromatic rings. The van der Waals surface area contributed by atoms with Gasteiger partial charge in [0.15, 0.2) is 0 Å². The third-order valence-corrected chi connectivity index (χ3v) is 3.29. The van der Waals surface area contributed by atoms with E-state index in [-0.39, 0.29) is 6.04 Å². The van der Waals surface area contributed by atoms with Gasteiger partial charge in [-0.1, -0.05) is 17.7 Å². The summed E-state index contributed by atoms with van der Waals surface area (Å²) in [5.74, 6) is 1.17. The zero-order valence-electron chi connectivity index (χ0n) is 11.3. The number of nitrogens with one attached hydrogen (secondary N) is 1. The Balaban J connectivity index is 2.23. The van der Waals surface area contributed by atoms with Crippen LogP contribution >= 0.6 is 11.6 Å². The average Bonchev–Trinajstić information content (AvgIpc) is 2.41. The van der Waals surface area contributed by atoms with Crippen molar-refractivity contribution in [2.24, 2.45) is 0 Å². The topological polar surface area (TPSA) is 34.2 Å². The van der Waals surface area contributed by atoms with Crippen LogP contribution in [0.2, 0.25) is 5.02 Å². The van der Waals surface area contributed by atoms with E-state index >= 15 is 0 Å². The standard InChI is InChI=1S/C15H17ClN2O/c1-10-4-5-14(13(16)8-10)19-15-9-12(6-7-18-15)11(2)17-3/h4-9,11,17H,1-3H3. The molecule has 0 aliphatic rings. The minimum Gasteiger partial charge on any atom is -0.437 e. The normalized spacial score (nSPS) is 12.2. The van der Waals surface area contributed by atoms with E-state index < -0.39 is 0 Å². The highest BCUT2D eigenvalue weighted by Crippen LogP contribution is 2.29. The highest BCUT2D eigenvalue weighted by molar-refractivity contribution is 6.32. The Bertz CT molecular complexity index is 572. The molecule has 1 aromatic carbocycles.